The Labute approximate surface area is 197 Å². The van der Waals surface area contributed by atoms with Crippen LogP contribution in [0.3, 0.4) is 0 Å². The first-order valence-corrected chi connectivity index (χ1v) is 11.3. The number of hydrogen-bond donors (Lipinski definition) is 0. The molecule has 3 nitrogen and oxygen atoms in total. The number of hydrogen-bond acceptors (Lipinski definition) is 3. The number of ether oxygens (including phenoxy) is 3. The van der Waals surface area contributed by atoms with Gasteiger partial charge >= 0.3 is 6.18 Å². The standard InChI is InChI=1S/C22H28Cl3F3O3/c1-3-16-14-18(30-13-9-20(24)25)15-17(4-2)21(16)31-12-6-5-10-29-11-7-8-19(23)22(26,27)28/h8-9,14-15H,3-7,10-13H2,1-2H3. The first-order valence-electron chi connectivity index (χ1n) is 10.1. The molecule has 9 heteroatoms. The van der Waals surface area contributed by atoms with E-state index in [2.05, 4.69) is 0 Å². The summed E-state index contributed by atoms with van der Waals surface area (Å²) < 4.78 is 54.0. The monoisotopic (exact) mass is 502 g/mol. The first-order chi connectivity index (χ1) is 14.7. The van der Waals surface area contributed by atoms with Crippen LogP contribution in [-0.4, -0.2) is 32.6 Å². The molecule has 0 aliphatic rings. The van der Waals surface area contributed by atoms with Gasteiger partial charge in [-0.3, -0.25) is 0 Å². The van der Waals surface area contributed by atoms with Gasteiger partial charge in [0.1, 0.15) is 27.6 Å². The molecule has 0 aliphatic heterocycles. The first kappa shape index (κ1) is 28.0. The fourth-order valence-corrected chi connectivity index (χ4v) is 2.92. The van der Waals surface area contributed by atoms with Crippen LogP contribution in [0, 0.1) is 0 Å². The Bertz CT molecular complexity index is 705. The molecule has 1 aromatic carbocycles. The van der Waals surface area contributed by atoms with E-state index in [1.54, 1.807) is 6.08 Å². The Hall–Kier alpha value is -1.08. The summed E-state index contributed by atoms with van der Waals surface area (Å²) in [7, 11) is 0. The molecular weight excluding hydrogens is 476 g/mol. The van der Waals surface area contributed by atoms with Crippen LogP contribution in [0.1, 0.15) is 44.2 Å². The molecule has 0 bridgehead atoms. The Morgan fingerprint density at radius 2 is 1.52 bits per heavy atom. The lowest BCUT2D eigenvalue weighted by molar-refractivity contribution is -0.0848. The van der Waals surface area contributed by atoms with Gasteiger partial charge in [0.25, 0.3) is 0 Å². The highest BCUT2D eigenvalue weighted by atomic mass is 35.5. The average molecular weight is 504 g/mol. The SMILES string of the molecule is CCc1cc(OCC=C(Cl)Cl)cc(CC)c1OCCCCOCCC=C(Cl)C(F)(F)F. The number of unbranched alkanes of at least 4 members (excludes halogenated alkanes) is 1. The molecule has 0 amide bonds. The van der Waals surface area contributed by atoms with Crippen LogP contribution in [0.5, 0.6) is 11.5 Å². The van der Waals surface area contributed by atoms with Crippen molar-refractivity contribution in [2.24, 2.45) is 0 Å². The lowest BCUT2D eigenvalue weighted by Crippen LogP contribution is -2.07. The minimum atomic E-state index is -4.49. The summed E-state index contributed by atoms with van der Waals surface area (Å²) in [6.45, 7) is 5.55. The van der Waals surface area contributed by atoms with Crippen molar-refractivity contribution in [3.8, 4) is 11.5 Å². The summed E-state index contributed by atoms with van der Waals surface area (Å²) in [6, 6.07) is 3.90. The van der Waals surface area contributed by atoms with Gasteiger partial charge in [0.2, 0.25) is 0 Å². The Balaban J connectivity index is 2.43. The summed E-state index contributed by atoms with van der Waals surface area (Å²) in [5.74, 6) is 1.61. The minimum absolute atomic E-state index is 0.121. The van der Waals surface area contributed by atoms with Gasteiger partial charge < -0.3 is 14.2 Å². The molecule has 0 saturated heterocycles. The molecule has 1 aromatic rings. The van der Waals surface area contributed by atoms with Crippen molar-refractivity contribution in [3.63, 3.8) is 0 Å². The van der Waals surface area contributed by atoms with E-state index in [1.807, 2.05) is 26.0 Å². The second-order valence-corrected chi connectivity index (χ2v) is 8.00. The van der Waals surface area contributed by atoms with Crippen LogP contribution < -0.4 is 9.47 Å². The fraction of sp³-hybridized carbons (Fsp3) is 0.545. The van der Waals surface area contributed by atoms with Crippen molar-refractivity contribution in [3.05, 3.63) is 44.9 Å². The van der Waals surface area contributed by atoms with Crippen LogP contribution in [0.4, 0.5) is 13.2 Å². The molecule has 0 spiro atoms. The van der Waals surface area contributed by atoms with Gasteiger partial charge in [-0.25, -0.2) is 0 Å². The van der Waals surface area contributed by atoms with Gasteiger partial charge in [0, 0.05) is 6.61 Å². The van der Waals surface area contributed by atoms with E-state index >= 15 is 0 Å². The third kappa shape index (κ3) is 11.4. The van der Waals surface area contributed by atoms with Gasteiger partial charge in [-0.2, -0.15) is 13.2 Å². The zero-order chi connectivity index (χ0) is 23.3. The van der Waals surface area contributed by atoms with E-state index < -0.39 is 11.2 Å². The van der Waals surface area contributed by atoms with Crippen molar-refractivity contribution in [2.45, 2.75) is 52.1 Å². The molecule has 176 valence electrons. The summed E-state index contributed by atoms with van der Waals surface area (Å²) in [5.41, 5.74) is 2.11. The smallest absolute Gasteiger partial charge is 0.426 e. The number of rotatable bonds is 14. The van der Waals surface area contributed by atoms with E-state index in [9.17, 15) is 13.2 Å². The van der Waals surface area contributed by atoms with Crippen LogP contribution in [-0.2, 0) is 17.6 Å². The predicted molar refractivity (Wildman–Crippen MR) is 121 cm³/mol. The van der Waals surface area contributed by atoms with Crippen LogP contribution in [0.2, 0.25) is 0 Å². The second kappa shape index (κ2) is 14.9. The van der Waals surface area contributed by atoms with E-state index in [-0.39, 0.29) is 24.1 Å². The average Bonchev–Trinajstić information content (AvgIpc) is 2.71. The van der Waals surface area contributed by atoms with Crippen molar-refractivity contribution in [1.29, 1.82) is 0 Å². The molecule has 0 N–H and O–H groups in total. The van der Waals surface area contributed by atoms with Crippen LogP contribution >= 0.6 is 34.8 Å². The Morgan fingerprint density at radius 3 is 2.06 bits per heavy atom. The van der Waals surface area contributed by atoms with E-state index in [0.717, 1.165) is 54.4 Å². The van der Waals surface area contributed by atoms with Crippen molar-refractivity contribution in [2.75, 3.05) is 26.4 Å². The Morgan fingerprint density at radius 1 is 0.903 bits per heavy atom. The third-order valence-electron chi connectivity index (χ3n) is 4.25. The topological polar surface area (TPSA) is 27.7 Å². The summed E-state index contributed by atoms with van der Waals surface area (Å²) in [6.07, 6.45) is 1.23. The van der Waals surface area contributed by atoms with Crippen LogP contribution in [0.25, 0.3) is 0 Å². The quantitative estimate of drug-likeness (QED) is 0.243. The molecule has 0 aromatic heterocycles. The summed E-state index contributed by atoms with van der Waals surface area (Å²) in [5, 5.41) is -1.11. The van der Waals surface area contributed by atoms with Gasteiger partial charge in [0.05, 0.1) is 13.2 Å². The summed E-state index contributed by atoms with van der Waals surface area (Å²) >= 11 is 16.3. The highest BCUT2D eigenvalue weighted by molar-refractivity contribution is 6.55. The predicted octanol–water partition coefficient (Wildman–Crippen LogP) is 7.76. The summed E-state index contributed by atoms with van der Waals surface area (Å²) in [4.78, 5) is 0. The number of allylic oxidation sites excluding steroid dienone is 1. The largest absolute Gasteiger partial charge is 0.493 e. The maximum absolute atomic E-state index is 12.2. The van der Waals surface area contributed by atoms with Gasteiger partial charge in [0.15, 0.2) is 0 Å². The normalized spacial score (nSPS) is 12.1. The minimum Gasteiger partial charge on any atom is -0.493 e. The number of aryl methyl sites for hydroxylation is 2. The zero-order valence-electron chi connectivity index (χ0n) is 17.7. The zero-order valence-corrected chi connectivity index (χ0v) is 19.9. The van der Waals surface area contributed by atoms with E-state index in [0.29, 0.717) is 13.2 Å². The molecule has 0 atom stereocenters. The number of alkyl halides is 3. The second-order valence-electron chi connectivity index (χ2n) is 6.59. The van der Waals surface area contributed by atoms with Crippen molar-refractivity contribution >= 4 is 34.8 Å². The third-order valence-corrected chi connectivity index (χ3v) is 4.93. The lowest BCUT2D eigenvalue weighted by Gasteiger charge is -2.17. The van der Waals surface area contributed by atoms with Crippen molar-refractivity contribution in [1.82, 2.24) is 0 Å². The van der Waals surface area contributed by atoms with E-state index in [4.69, 9.17) is 49.0 Å². The van der Waals surface area contributed by atoms with E-state index in [1.165, 1.54) is 0 Å². The molecule has 0 aliphatic carbocycles. The molecule has 31 heavy (non-hydrogen) atoms. The number of halogens is 6. The molecule has 0 unspecified atom stereocenters. The highest BCUT2D eigenvalue weighted by Crippen LogP contribution is 2.31. The van der Waals surface area contributed by atoms with Crippen molar-refractivity contribution < 1.29 is 27.4 Å². The maximum Gasteiger partial charge on any atom is 0.426 e. The molecular formula is C22H28Cl3F3O3. The van der Waals surface area contributed by atoms with Crippen LogP contribution in [0.15, 0.2) is 33.8 Å². The van der Waals surface area contributed by atoms with Gasteiger partial charge in [-0.05, 0) is 61.4 Å². The molecule has 0 fully saturated rings. The fourth-order valence-electron chi connectivity index (χ4n) is 2.68. The molecule has 1 rings (SSSR count). The lowest BCUT2D eigenvalue weighted by atomic mass is 10.0. The molecule has 0 heterocycles. The van der Waals surface area contributed by atoms with Gasteiger partial charge in [-0.1, -0.05) is 54.7 Å². The molecule has 0 radical (unpaired) electrons. The maximum atomic E-state index is 12.2. The number of benzene rings is 1. The van der Waals surface area contributed by atoms with Gasteiger partial charge in [-0.15, -0.1) is 0 Å². The Kier molecular flexibility index (Phi) is 13.4. The molecule has 0 saturated carbocycles. The highest BCUT2D eigenvalue weighted by Gasteiger charge is 2.31.